The standard InChI is InChI=1S/C34H43IN4O4/c1-6-24(20(2)3)31(40)37-29-16-21-9-7-10-22(15-21)23-12-13-27-25(17-23)26(30(35)36-27)18-34(4,5)19-43-33(42)28-11-8-14-39(38-28)32(29)41/h7,9-10,12-13,15,17,20,24,28-29,36,38H,6,8,11,14,16,18-19H2,1-5H3,(H,37,40)/t24-,28-,29-/m0/s1. The summed E-state index contributed by atoms with van der Waals surface area (Å²) < 4.78 is 6.95. The summed E-state index contributed by atoms with van der Waals surface area (Å²) in [6.07, 6.45) is 3.01. The highest BCUT2D eigenvalue weighted by Crippen LogP contribution is 2.34. The van der Waals surface area contributed by atoms with Gasteiger partial charge in [0.1, 0.15) is 12.1 Å². The van der Waals surface area contributed by atoms with Crippen molar-refractivity contribution < 1.29 is 19.1 Å². The van der Waals surface area contributed by atoms with E-state index in [9.17, 15) is 14.4 Å². The Kier molecular flexibility index (Phi) is 9.51. The molecule has 1 saturated heterocycles. The molecule has 3 N–H and O–H groups in total. The van der Waals surface area contributed by atoms with Gasteiger partial charge < -0.3 is 15.0 Å². The molecule has 1 fully saturated rings. The van der Waals surface area contributed by atoms with Crippen molar-refractivity contribution in [2.45, 2.75) is 78.8 Å². The molecule has 6 bridgehead atoms. The predicted molar refractivity (Wildman–Crippen MR) is 177 cm³/mol. The summed E-state index contributed by atoms with van der Waals surface area (Å²) in [5.74, 6) is -0.775. The number of carbonyl (C=O) groups excluding carboxylic acids is 3. The molecule has 2 aliphatic heterocycles. The number of esters is 1. The number of ether oxygens (including phenoxy) is 1. The lowest BCUT2D eigenvalue weighted by Crippen LogP contribution is -2.61. The van der Waals surface area contributed by atoms with E-state index in [1.54, 1.807) is 0 Å². The zero-order chi connectivity index (χ0) is 30.9. The molecule has 3 atom stereocenters. The number of aromatic nitrogens is 1. The lowest BCUT2D eigenvalue weighted by atomic mass is 9.86. The SMILES string of the molecule is CC[C@H](C(=O)N[C@H]1Cc2cccc(c2)-c2ccc3[nH]c(I)c(c3c2)CC(C)(C)COC(=O)[C@@H]2CCCN(N2)C1=O)C(C)C. The van der Waals surface area contributed by atoms with Gasteiger partial charge in [-0.1, -0.05) is 65.0 Å². The van der Waals surface area contributed by atoms with Crippen LogP contribution in [0.15, 0.2) is 42.5 Å². The predicted octanol–water partition coefficient (Wildman–Crippen LogP) is 5.77. The molecule has 0 spiro atoms. The largest absolute Gasteiger partial charge is 0.464 e. The van der Waals surface area contributed by atoms with Crippen LogP contribution < -0.4 is 10.7 Å². The number of nitrogens with zero attached hydrogens (tertiary/aromatic N) is 1. The van der Waals surface area contributed by atoms with Crippen LogP contribution in [0, 0.1) is 21.0 Å². The summed E-state index contributed by atoms with van der Waals surface area (Å²) in [7, 11) is 0. The third-order valence-corrected chi connectivity index (χ3v) is 9.67. The van der Waals surface area contributed by atoms with Crippen LogP contribution in [0.2, 0.25) is 0 Å². The number of hydrogen-bond acceptors (Lipinski definition) is 5. The van der Waals surface area contributed by atoms with Crippen molar-refractivity contribution in [3.05, 3.63) is 57.3 Å². The normalized spacial score (nSPS) is 21.8. The number of nitrogens with one attached hydrogen (secondary N) is 3. The first-order valence-corrected chi connectivity index (χ1v) is 16.5. The Morgan fingerprint density at radius 2 is 1.93 bits per heavy atom. The van der Waals surface area contributed by atoms with Gasteiger partial charge in [0.15, 0.2) is 0 Å². The molecule has 5 rings (SSSR count). The highest BCUT2D eigenvalue weighted by molar-refractivity contribution is 14.1. The van der Waals surface area contributed by atoms with Crippen molar-refractivity contribution in [1.82, 2.24) is 20.7 Å². The highest BCUT2D eigenvalue weighted by atomic mass is 127. The molecule has 43 heavy (non-hydrogen) atoms. The summed E-state index contributed by atoms with van der Waals surface area (Å²) in [4.78, 5) is 44.2. The Hall–Kier alpha value is -2.92. The molecule has 2 amide bonds. The lowest BCUT2D eigenvalue weighted by Gasteiger charge is -2.36. The molecule has 9 heteroatoms. The minimum Gasteiger partial charge on any atom is -0.464 e. The first-order chi connectivity index (χ1) is 20.5. The topological polar surface area (TPSA) is 104 Å². The fourth-order valence-electron chi connectivity index (χ4n) is 6.32. The van der Waals surface area contributed by atoms with E-state index >= 15 is 0 Å². The van der Waals surface area contributed by atoms with E-state index in [4.69, 9.17) is 4.74 Å². The third-order valence-electron chi connectivity index (χ3n) is 8.75. The van der Waals surface area contributed by atoms with Crippen LogP contribution in [0.25, 0.3) is 22.0 Å². The van der Waals surface area contributed by atoms with E-state index in [2.05, 4.69) is 82.5 Å². The van der Waals surface area contributed by atoms with Gasteiger partial charge in [-0.2, -0.15) is 0 Å². The van der Waals surface area contributed by atoms with Gasteiger partial charge in [0.25, 0.3) is 5.91 Å². The van der Waals surface area contributed by atoms with Gasteiger partial charge >= 0.3 is 5.97 Å². The van der Waals surface area contributed by atoms with Crippen molar-refractivity contribution >= 4 is 51.3 Å². The maximum Gasteiger partial charge on any atom is 0.324 e. The fourth-order valence-corrected chi connectivity index (χ4v) is 7.09. The van der Waals surface area contributed by atoms with Crippen molar-refractivity contribution in [2.75, 3.05) is 13.2 Å². The quantitative estimate of drug-likeness (QED) is 0.237. The molecule has 0 saturated carbocycles. The Balaban J connectivity index is 1.56. The molecule has 2 aliphatic rings. The van der Waals surface area contributed by atoms with Crippen LogP contribution >= 0.6 is 22.6 Å². The second-order valence-corrected chi connectivity index (χ2v) is 14.2. The van der Waals surface area contributed by atoms with Gasteiger partial charge in [-0.05, 0) is 88.6 Å². The molecule has 1 aromatic heterocycles. The maximum absolute atomic E-state index is 14.0. The van der Waals surface area contributed by atoms with Crippen molar-refractivity contribution in [2.24, 2.45) is 17.3 Å². The smallest absolute Gasteiger partial charge is 0.324 e. The molecule has 8 nitrogen and oxygen atoms in total. The van der Waals surface area contributed by atoms with Crippen LogP contribution in [0.3, 0.4) is 0 Å². The number of hydrogen-bond donors (Lipinski definition) is 3. The number of rotatable bonds is 4. The lowest BCUT2D eigenvalue weighted by molar-refractivity contribution is -0.155. The van der Waals surface area contributed by atoms with E-state index < -0.39 is 12.1 Å². The van der Waals surface area contributed by atoms with Crippen molar-refractivity contribution in [1.29, 1.82) is 0 Å². The van der Waals surface area contributed by atoms with Gasteiger partial charge in [0, 0.05) is 35.2 Å². The minimum absolute atomic E-state index is 0.121. The Bertz CT molecular complexity index is 1510. The Morgan fingerprint density at radius 1 is 1.16 bits per heavy atom. The number of hydrazine groups is 1. The summed E-state index contributed by atoms with van der Waals surface area (Å²) >= 11 is 2.36. The molecule has 3 aromatic rings. The number of fused-ring (bicyclic) bond motifs is 6. The maximum atomic E-state index is 14.0. The zero-order valence-electron chi connectivity index (χ0n) is 25.8. The van der Waals surface area contributed by atoms with Crippen molar-refractivity contribution in [3.63, 3.8) is 0 Å². The van der Waals surface area contributed by atoms with Gasteiger partial charge in [-0.3, -0.25) is 19.4 Å². The second kappa shape index (κ2) is 13.0. The summed E-state index contributed by atoms with van der Waals surface area (Å²) in [6, 6.07) is 13.2. The molecule has 0 radical (unpaired) electrons. The highest BCUT2D eigenvalue weighted by Gasteiger charge is 2.35. The first-order valence-electron chi connectivity index (χ1n) is 15.4. The van der Waals surface area contributed by atoms with Crippen LogP contribution in [0.4, 0.5) is 0 Å². The molecular formula is C34H43IN4O4. The molecular weight excluding hydrogens is 655 g/mol. The van der Waals surface area contributed by atoms with Crippen LogP contribution in [-0.2, 0) is 32.0 Å². The number of halogens is 1. The molecule has 2 aromatic carbocycles. The summed E-state index contributed by atoms with van der Waals surface area (Å²) in [5.41, 5.74) is 8.19. The number of cyclic esters (lactones) is 1. The van der Waals surface area contributed by atoms with Gasteiger partial charge in [-0.25, -0.2) is 5.43 Å². The Morgan fingerprint density at radius 3 is 2.67 bits per heavy atom. The van der Waals surface area contributed by atoms with E-state index in [0.717, 1.165) is 37.7 Å². The first kappa shape index (κ1) is 31.5. The van der Waals surface area contributed by atoms with Gasteiger partial charge in [-0.15, -0.1) is 0 Å². The van der Waals surface area contributed by atoms with E-state index in [1.807, 2.05) is 32.9 Å². The average Bonchev–Trinajstić information content (AvgIpc) is 3.28. The molecule has 0 unspecified atom stereocenters. The zero-order valence-corrected chi connectivity index (χ0v) is 27.9. The number of carbonyl (C=O) groups is 3. The Labute approximate surface area is 267 Å². The van der Waals surface area contributed by atoms with Crippen LogP contribution in [-0.4, -0.2) is 53.0 Å². The van der Waals surface area contributed by atoms with E-state index in [1.165, 1.54) is 10.6 Å². The molecule has 0 aliphatic carbocycles. The van der Waals surface area contributed by atoms with Gasteiger partial charge in [0.2, 0.25) is 5.91 Å². The number of amides is 2. The fraction of sp³-hybridized carbons (Fsp3) is 0.500. The van der Waals surface area contributed by atoms with E-state index in [0.29, 0.717) is 32.2 Å². The van der Waals surface area contributed by atoms with Crippen LogP contribution in [0.1, 0.15) is 65.0 Å². The van der Waals surface area contributed by atoms with E-state index in [-0.39, 0.29) is 41.6 Å². The monoisotopic (exact) mass is 698 g/mol. The number of aromatic amines is 1. The minimum atomic E-state index is -0.782. The molecule has 230 valence electrons. The average molecular weight is 699 g/mol. The van der Waals surface area contributed by atoms with Gasteiger partial charge in [0.05, 0.1) is 10.3 Å². The van der Waals surface area contributed by atoms with Crippen LogP contribution in [0.5, 0.6) is 0 Å². The number of H-pyrrole nitrogens is 1. The molecule has 3 heterocycles. The number of benzene rings is 2. The summed E-state index contributed by atoms with van der Waals surface area (Å²) in [6.45, 7) is 11.0. The van der Waals surface area contributed by atoms with Crippen molar-refractivity contribution in [3.8, 4) is 11.1 Å². The summed E-state index contributed by atoms with van der Waals surface area (Å²) in [5, 5.41) is 5.75. The second-order valence-electron chi connectivity index (χ2n) is 13.2. The third kappa shape index (κ3) is 7.09.